The van der Waals surface area contributed by atoms with Gasteiger partial charge in [-0.3, -0.25) is 14.5 Å². The molecule has 9 nitrogen and oxygen atoms in total. The minimum atomic E-state index is -0.171. The molecule has 186 valence electrons. The molecule has 2 amide bonds. The van der Waals surface area contributed by atoms with Gasteiger partial charge in [-0.05, 0) is 56.6 Å². The molecule has 1 atom stereocenters. The van der Waals surface area contributed by atoms with Crippen LogP contribution in [-0.4, -0.2) is 77.5 Å². The molecule has 10 heteroatoms. The van der Waals surface area contributed by atoms with Crippen LogP contribution in [-0.2, 0) is 4.79 Å². The molecule has 2 saturated heterocycles. The van der Waals surface area contributed by atoms with Crippen LogP contribution >= 0.6 is 11.6 Å². The van der Waals surface area contributed by atoms with Crippen molar-refractivity contribution in [3.05, 3.63) is 53.2 Å². The number of piperidine rings is 1. The summed E-state index contributed by atoms with van der Waals surface area (Å²) >= 11 is 5.98. The first-order chi connectivity index (χ1) is 17.0. The topological polar surface area (TPSA) is 99.7 Å². The van der Waals surface area contributed by atoms with E-state index in [1.54, 1.807) is 35.2 Å². The van der Waals surface area contributed by atoms with E-state index in [1.807, 2.05) is 6.08 Å². The van der Waals surface area contributed by atoms with Crippen LogP contribution in [0, 0.1) is 0 Å². The van der Waals surface area contributed by atoms with Gasteiger partial charge in [0.2, 0.25) is 17.7 Å². The first-order valence-corrected chi connectivity index (χ1v) is 12.3. The number of amides is 2. The molecular formula is C25H31ClN6O3. The maximum atomic E-state index is 12.9. The second-order valence-electron chi connectivity index (χ2n) is 8.76. The van der Waals surface area contributed by atoms with Gasteiger partial charge in [0.1, 0.15) is 5.02 Å². The van der Waals surface area contributed by atoms with Crippen molar-refractivity contribution in [3.8, 4) is 5.88 Å². The molecule has 4 rings (SSSR count). The number of methoxy groups -OCH3 is 1. The minimum Gasteiger partial charge on any atom is -0.480 e. The third kappa shape index (κ3) is 6.93. The maximum Gasteiger partial charge on any atom is 0.253 e. The highest BCUT2D eigenvalue weighted by Crippen LogP contribution is 2.23. The van der Waals surface area contributed by atoms with E-state index >= 15 is 0 Å². The molecule has 35 heavy (non-hydrogen) atoms. The fourth-order valence-electron chi connectivity index (χ4n) is 4.32. The monoisotopic (exact) mass is 498 g/mol. The summed E-state index contributed by atoms with van der Waals surface area (Å²) in [4.78, 5) is 37.7. The number of aromatic nitrogens is 2. The summed E-state index contributed by atoms with van der Waals surface area (Å²) in [6.45, 7) is 4.15. The molecule has 2 N–H and O–H groups in total. The van der Waals surface area contributed by atoms with Gasteiger partial charge in [-0.1, -0.05) is 24.1 Å². The van der Waals surface area contributed by atoms with Gasteiger partial charge in [0, 0.05) is 43.0 Å². The fourth-order valence-corrected chi connectivity index (χ4v) is 4.49. The van der Waals surface area contributed by atoms with Gasteiger partial charge in [0.15, 0.2) is 0 Å². The Labute approximate surface area is 210 Å². The lowest BCUT2D eigenvalue weighted by molar-refractivity contribution is -0.111. The molecule has 2 aromatic rings. The Hall–Kier alpha value is -3.17. The van der Waals surface area contributed by atoms with E-state index in [0.717, 1.165) is 26.1 Å². The highest BCUT2D eigenvalue weighted by molar-refractivity contribution is 6.31. The fraction of sp³-hybridized carbons (Fsp3) is 0.440. The Bertz CT molecular complexity index is 1060. The summed E-state index contributed by atoms with van der Waals surface area (Å²) in [5.41, 5.74) is 1.23. The molecule has 0 saturated carbocycles. The summed E-state index contributed by atoms with van der Waals surface area (Å²) in [6, 6.07) is 7.01. The van der Waals surface area contributed by atoms with E-state index in [-0.39, 0.29) is 17.9 Å². The van der Waals surface area contributed by atoms with Crippen molar-refractivity contribution >= 4 is 35.1 Å². The second kappa shape index (κ2) is 12.0. The Kier molecular flexibility index (Phi) is 8.54. The first kappa shape index (κ1) is 24.9. The normalized spacial score (nSPS) is 18.6. The summed E-state index contributed by atoms with van der Waals surface area (Å²) in [7, 11) is 1.50. The van der Waals surface area contributed by atoms with Gasteiger partial charge in [-0.15, -0.1) is 0 Å². The number of ether oxygens (including phenoxy) is 1. The Morgan fingerprint density at radius 3 is 2.69 bits per heavy atom. The second-order valence-corrected chi connectivity index (χ2v) is 9.17. The van der Waals surface area contributed by atoms with Crippen LogP contribution < -0.4 is 15.4 Å². The molecule has 2 aliphatic heterocycles. The van der Waals surface area contributed by atoms with Gasteiger partial charge in [-0.25, -0.2) is 4.98 Å². The van der Waals surface area contributed by atoms with Crippen molar-refractivity contribution in [2.75, 3.05) is 50.5 Å². The molecule has 1 aromatic carbocycles. The molecule has 3 heterocycles. The van der Waals surface area contributed by atoms with Gasteiger partial charge in [0.05, 0.1) is 13.3 Å². The molecule has 1 unspecified atom stereocenters. The molecule has 0 aliphatic carbocycles. The lowest BCUT2D eigenvalue weighted by Gasteiger charge is -2.24. The zero-order valence-electron chi connectivity index (χ0n) is 19.9. The highest BCUT2D eigenvalue weighted by atomic mass is 35.5. The van der Waals surface area contributed by atoms with Crippen LogP contribution in [0.25, 0.3) is 0 Å². The van der Waals surface area contributed by atoms with E-state index in [9.17, 15) is 9.59 Å². The van der Waals surface area contributed by atoms with Gasteiger partial charge >= 0.3 is 0 Å². The van der Waals surface area contributed by atoms with Crippen molar-refractivity contribution in [1.29, 1.82) is 0 Å². The zero-order valence-corrected chi connectivity index (χ0v) is 20.6. The van der Waals surface area contributed by atoms with Crippen LogP contribution in [0.15, 0.2) is 42.6 Å². The largest absolute Gasteiger partial charge is 0.480 e. The first-order valence-electron chi connectivity index (χ1n) is 11.9. The van der Waals surface area contributed by atoms with Crippen LogP contribution in [0.5, 0.6) is 5.88 Å². The van der Waals surface area contributed by atoms with E-state index in [0.29, 0.717) is 41.2 Å². The predicted molar refractivity (Wildman–Crippen MR) is 136 cm³/mol. The number of nitrogens with one attached hydrogen (secondary N) is 2. The SMILES string of the molecule is COc1nc(NC2CCN(C(=O)c3ccc(NC(=O)/C=C/CN4CCCCC4)cc3)C2)ncc1Cl. The maximum absolute atomic E-state index is 12.9. The third-order valence-corrected chi connectivity index (χ3v) is 6.45. The lowest BCUT2D eigenvalue weighted by atomic mass is 10.1. The number of halogens is 1. The van der Waals surface area contributed by atoms with Crippen molar-refractivity contribution in [3.63, 3.8) is 0 Å². The lowest BCUT2D eigenvalue weighted by Crippen LogP contribution is -2.31. The number of carbonyl (C=O) groups is 2. The predicted octanol–water partition coefficient (Wildman–Crippen LogP) is 3.45. The molecule has 0 bridgehead atoms. The zero-order chi connectivity index (χ0) is 24.6. The summed E-state index contributed by atoms with van der Waals surface area (Å²) < 4.78 is 5.13. The average Bonchev–Trinajstić information content (AvgIpc) is 3.34. The molecule has 2 fully saturated rings. The smallest absolute Gasteiger partial charge is 0.253 e. The summed E-state index contributed by atoms with van der Waals surface area (Å²) in [6.07, 6.45) is 9.49. The molecule has 0 spiro atoms. The van der Waals surface area contributed by atoms with Crippen LogP contribution in [0.2, 0.25) is 5.02 Å². The average molecular weight is 499 g/mol. The van der Waals surface area contributed by atoms with Crippen LogP contribution in [0.1, 0.15) is 36.0 Å². The number of hydrogen-bond acceptors (Lipinski definition) is 7. The van der Waals surface area contributed by atoms with Crippen molar-refractivity contribution in [2.45, 2.75) is 31.7 Å². The number of carbonyl (C=O) groups excluding carboxylic acids is 2. The number of hydrogen-bond donors (Lipinski definition) is 2. The summed E-state index contributed by atoms with van der Waals surface area (Å²) in [5, 5.41) is 6.43. The molecule has 0 radical (unpaired) electrons. The number of nitrogens with zero attached hydrogens (tertiary/aromatic N) is 4. The standard InChI is InChI=1S/C25H31ClN6O3/c1-35-23-21(26)16-27-25(30-23)29-20-11-15-32(17-20)24(34)18-7-9-19(10-8-18)28-22(33)6-5-14-31-12-3-2-4-13-31/h5-10,16,20H,2-4,11-15,17H2,1H3,(H,28,33)(H,27,29,30)/b6-5+. The number of anilines is 2. The summed E-state index contributed by atoms with van der Waals surface area (Å²) in [5.74, 6) is 0.495. The number of rotatable bonds is 8. The van der Waals surface area contributed by atoms with Crippen molar-refractivity contribution in [2.24, 2.45) is 0 Å². The van der Waals surface area contributed by atoms with Crippen LogP contribution in [0.3, 0.4) is 0 Å². The van der Waals surface area contributed by atoms with E-state index in [2.05, 4.69) is 25.5 Å². The van der Waals surface area contributed by atoms with Crippen LogP contribution in [0.4, 0.5) is 11.6 Å². The highest BCUT2D eigenvalue weighted by Gasteiger charge is 2.27. The van der Waals surface area contributed by atoms with Gasteiger partial charge in [-0.2, -0.15) is 4.98 Å². The molecular weight excluding hydrogens is 468 g/mol. The van der Waals surface area contributed by atoms with Crippen molar-refractivity contribution in [1.82, 2.24) is 19.8 Å². The Balaban J connectivity index is 1.25. The minimum absolute atomic E-state index is 0.0279. The molecule has 1 aromatic heterocycles. The quantitative estimate of drug-likeness (QED) is 0.538. The van der Waals surface area contributed by atoms with Gasteiger partial charge < -0.3 is 20.3 Å². The number of likely N-dealkylation sites (tertiary alicyclic amines) is 2. The third-order valence-electron chi connectivity index (χ3n) is 6.19. The van der Waals surface area contributed by atoms with Crippen molar-refractivity contribution < 1.29 is 14.3 Å². The van der Waals surface area contributed by atoms with E-state index in [1.165, 1.54) is 32.6 Å². The number of benzene rings is 1. The Morgan fingerprint density at radius 2 is 1.94 bits per heavy atom. The van der Waals surface area contributed by atoms with E-state index < -0.39 is 0 Å². The molecule has 2 aliphatic rings. The Morgan fingerprint density at radius 1 is 1.17 bits per heavy atom. The van der Waals surface area contributed by atoms with E-state index in [4.69, 9.17) is 16.3 Å². The van der Waals surface area contributed by atoms with Gasteiger partial charge in [0.25, 0.3) is 5.91 Å².